The van der Waals surface area contributed by atoms with Crippen molar-refractivity contribution in [3.05, 3.63) is 81.5 Å². The molecule has 4 rings (SSSR count). The molecule has 5 nitrogen and oxygen atoms in total. The summed E-state index contributed by atoms with van der Waals surface area (Å²) < 4.78 is 3.03. The minimum Gasteiger partial charge on any atom is -0.325 e. The van der Waals surface area contributed by atoms with Crippen molar-refractivity contribution in [1.29, 1.82) is 0 Å². The van der Waals surface area contributed by atoms with Crippen LogP contribution in [-0.2, 0) is 6.54 Å². The van der Waals surface area contributed by atoms with Crippen molar-refractivity contribution in [1.82, 2.24) is 14.1 Å². The molecular weight excluding hydrogens is 302 g/mol. The summed E-state index contributed by atoms with van der Waals surface area (Å²) >= 11 is 0. The molecule has 2 aliphatic heterocycles. The van der Waals surface area contributed by atoms with Crippen LogP contribution in [0.1, 0.15) is 6.92 Å². The third kappa shape index (κ3) is 2.06. The quantitative estimate of drug-likeness (QED) is 0.534. The average molecular weight is 317 g/mol. The Bertz CT molecular complexity index is 1130. The van der Waals surface area contributed by atoms with Crippen LogP contribution in [-0.4, -0.2) is 14.1 Å². The van der Waals surface area contributed by atoms with E-state index >= 15 is 0 Å². The maximum absolute atomic E-state index is 13.0. The number of fused-ring (bicyclic) bond motifs is 2. The Morgan fingerprint density at radius 3 is 2.42 bits per heavy atom. The van der Waals surface area contributed by atoms with Crippen LogP contribution in [0.5, 0.6) is 0 Å². The first kappa shape index (κ1) is 14.4. The third-order valence-corrected chi connectivity index (χ3v) is 4.18. The molecule has 118 valence electrons. The first-order chi connectivity index (χ1) is 11.7. The van der Waals surface area contributed by atoms with Gasteiger partial charge in [-0.1, -0.05) is 36.4 Å². The highest BCUT2D eigenvalue weighted by Gasteiger charge is 2.19. The Balaban J connectivity index is 2.18. The van der Waals surface area contributed by atoms with Crippen LogP contribution in [0.2, 0.25) is 0 Å². The Morgan fingerprint density at radius 1 is 0.958 bits per heavy atom. The predicted molar refractivity (Wildman–Crippen MR) is 93.9 cm³/mol. The van der Waals surface area contributed by atoms with Gasteiger partial charge in [0.15, 0.2) is 5.82 Å². The van der Waals surface area contributed by atoms with Crippen molar-refractivity contribution in [2.45, 2.75) is 13.5 Å². The summed E-state index contributed by atoms with van der Waals surface area (Å²) in [6, 6.07) is 18.5. The van der Waals surface area contributed by atoms with Crippen LogP contribution in [0.15, 0.2) is 70.3 Å². The van der Waals surface area contributed by atoms with Gasteiger partial charge in [0, 0.05) is 12.1 Å². The van der Waals surface area contributed by atoms with Gasteiger partial charge in [-0.25, -0.2) is 9.36 Å². The lowest BCUT2D eigenvalue weighted by Crippen LogP contribution is -2.36. The topological polar surface area (TPSA) is 56.9 Å². The predicted octanol–water partition coefficient (Wildman–Crippen LogP) is 2.67. The zero-order valence-corrected chi connectivity index (χ0v) is 13.1. The van der Waals surface area contributed by atoms with Crippen molar-refractivity contribution < 1.29 is 0 Å². The Labute approximate surface area is 137 Å². The second-order valence-corrected chi connectivity index (χ2v) is 5.56. The van der Waals surface area contributed by atoms with Gasteiger partial charge in [-0.05, 0) is 36.6 Å². The summed E-state index contributed by atoms with van der Waals surface area (Å²) in [5.41, 5.74) is 1.02. The minimum atomic E-state index is -0.559. The van der Waals surface area contributed by atoms with E-state index in [0.29, 0.717) is 23.6 Å². The zero-order chi connectivity index (χ0) is 16.7. The van der Waals surface area contributed by atoms with Gasteiger partial charge in [-0.2, -0.15) is 4.98 Å². The molecule has 0 spiro atoms. The lowest BCUT2D eigenvalue weighted by atomic mass is 10.1. The molecule has 0 amide bonds. The molecule has 5 heteroatoms. The molecule has 0 unspecified atom stereocenters. The summed E-state index contributed by atoms with van der Waals surface area (Å²) in [5.74, 6) is 0.429. The van der Waals surface area contributed by atoms with Gasteiger partial charge in [0.05, 0.1) is 11.3 Å². The molecule has 2 aliphatic rings. The number of pyridine rings is 1. The molecule has 0 N–H and O–H groups in total. The summed E-state index contributed by atoms with van der Waals surface area (Å²) in [6.45, 7) is 2.60. The lowest BCUT2D eigenvalue weighted by Gasteiger charge is -2.17. The molecule has 0 bridgehead atoms. The monoisotopic (exact) mass is 317 g/mol. The second kappa shape index (κ2) is 5.45. The SMILES string of the molecule is CCn1c2nc(=O)n(-c3ccccc3)c(=O)c-2cc2ccccc21. The normalized spacial score (nSPS) is 11.2. The number of aryl methyl sites for hydroxylation is 1. The van der Waals surface area contributed by atoms with E-state index in [1.807, 2.05) is 47.9 Å². The summed E-state index contributed by atoms with van der Waals surface area (Å²) in [5, 5.41) is 0.948. The number of rotatable bonds is 2. The molecule has 0 saturated heterocycles. The van der Waals surface area contributed by atoms with Gasteiger partial charge in [-0.3, -0.25) is 4.79 Å². The maximum Gasteiger partial charge on any atom is 0.357 e. The minimum absolute atomic E-state index is 0.343. The number of hydrogen-bond donors (Lipinski definition) is 0. The molecule has 2 heterocycles. The lowest BCUT2D eigenvalue weighted by molar-refractivity contribution is 0.754. The first-order valence-electron chi connectivity index (χ1n) is 7.81. The molecule has 0 atom stereocenters. The largest absolute Gasteiger partial charge is 0.357 e. The van der Waals surface area contributed by atoms with Gasteiger partial charge in [0.1, 0.15) is 0 Å². The van der Waals surface area contributed by atoms with Crippen LogP contribution >= 0.6 is 0 Å². The molecular formula is C19H15N3O2. The van der Waals surface area contributed by atoms with Crippen molar-refractivity contribution in [2.75, 3.05) is 0 Å². The fourth-order valence-electron chi connectivity index (χ4n) is 3.09. The molecule has 0 fully saturated rings. The molecule has 0 radical (unpaired) electrons. The van der Waals surface area contributed by atoms with Crippen molar-refractivity contribution >= 4 is 10.9 Å². The number of para-hydroxylation sites is 2. The van der Waals surface area contributed by atoms with E-state index in [4.69, 9.17) is 0 Å². The molecule has 2 aromatic rings. The van der Waals surface area contributed by atoms with Gasteiger partial charge in [0.2, 0.25) is 0 Å². The molecule has 24 heavy (non-hydrogen) atoms. The van der Waals surface area contributed by atoms with Crippen LogP contribution in [0.25, 0.3) is 28.0 Å². The summed E-state index contributed by atoms with van der Waals surface area (Å²) in [6.07, 6.45) is 0. The third-order valence-electron chi connectivity index (χ3n) is 4.18. The van der Waals surface area contributed by atoms with E-state index in [-0.39, 0.29) is 5.56 Å². The highest BCUT2D eigenvalue weighted by Crippen LogP contribution is 2.23. The smallest absolute Gasteiger partial charge is 0.325 e. The van der Waals surface area contributed by atoms with Crippen LogP contribution in [0.3, 0.4) is 0 Å². The van der Waals surface area contributed by atoms with Crippen molar-refractivity contribution in [3.63, 3.8) is 0 Å². The van der Waals surface area contributed by atoms with Crippen molar-refractivity contribution in [2.24, 2.45) is 0 Å². The van der Waals surface area contributed by atoms with Crippen LogP contribution in [0.4, 0.5) is 0 Å². The summed E-state index contributed by atoms with van der Waals surface area (Å²) in [7, 11) is 0. The molecule has 0 aliphatic carbocycles. The number of nitrogens with zero attached hydrogens (tertiary/aromatic N) is 3. The Hall–Kier alpha value is -3.21. The first-order valence-corrected chi connectivity index (χ1v) is 7.81. The highest BCUT2D eigenvalue weighted by atomic mass is 16.2. The molecule has 0 aromatic heterocycles. The Kier molecular flexibility index (Phi) is 3.27. The summed E-state index contributed by atoms with van der Waals surface area (Å²) in [4.78, 5) is 29.7. The number of hydrogen-bond acceptors (Lipinski definition) is 3. The maximum atomic E-state index is 13.0. The zero-order valence-electron chi connectivity index (χ0n) is 13.1. The van der Waals surface area contributed by atoms with Gasteiger partial charge >= 0.3 is 5.69 Å². The Morgan fingerprint density at radius 2 is 1.67 bits per heavy atom. The van der Waals surface area contributed by atoms with Gasteiger partial charge in [-0.15, -0.1) is 0 Å². The van der Waals surface area contributed by atoms with Crippen molar-refractivity contribution in [3.8, 4) is 17.1 Å². The highest BCUT2D eigenvalue weighted by molar-refractivity contribution is 5.85. The number of aromatic nitrogens is 3. The van der Waals surface area contributed by atoms with E-state index in [0.717, 1.165) is 15.5 Å². The average Bonchev–Trinajstić information content (AvgIpc) is 2.61. The van der Waals surface area contributed by atoms with E-state index < -0.39 is 5.69 Å². The fourth-order valence-corrected chi connectivity index (χ4v) is 3.09. The van der Waals surface area contributed by atoms with E-state index in [2.05, 4.69) is 4.98 Å². The molecule has 0 saturated carbocycles. The van der Waals surface area contributed by atoms with E-state index in [1.54, 1.807) is 24.3 Å². The molecule has 2 aromatic carbocycles. The van der Waals surface area contributed by atoms with Gasteiger partial charge < -0.3 is 4.57 Å². The fraction of sp³-hybridized carbons (Fsp3) is 0.105. The van der Waals surface area contributed by atoms with E-state index in [1.165, 1.54) is 0 Å². The van der Waals surface area contributed by atoms with Crippen LogP contribution in [0, 0.1) is 0 Å². The number of benzene rings is 2. The van der Waals surface area contributed by atoms with Crippen LogP contribution < -0.4 is 11.2 Å². The second-order valence-electron chi connectivity index (χ2n) is 5.56. The standard InChI is InChI=1S/C19H15N3O2/c1-2-21-16-11-7-6-8-13(16)12-15-17(21)20-19(24)22(18(15)23)14-9-4-3-5-10-14/h3-12H,2H2,1H3. The van der Waals surface area contributed by atoms with Gasteiger partial charge in [0.25, 0.3) is 5.56 Å². The van der Waals surface area contributed by atoms with E-state index in [9.17, 15) is 9.59 Å².